The molecule has 6 atom stereocenters. The summed E-state index contributed by atoms with van der Waals surface area (Å²) in [5.74, 6) is 0.484. The van der Waals surface area contributed by atoms with E-state index in [1.54, 1.807) is 0 Å². The molecule has 12 heteroatoms. The topological polar surface area (TPSA) is 91.9 Å². The number of nitrogens with one attached hydrogen (secondary N) is 3. The van der Waals surface area contributed by atoms with Gasteiger partial charge in [0.2, 0.25) is 10.0 Å². The lowest BCUT2D eigenvalue weighted by molar-refractivity contribution is -0.324. The molecular weight excluding hydrogens is 557 g/mol. The Balaban J connectivity index is 1.62. The van der Waals surface area contributed by atoms with Crippen LogP contribution in [0.2, 0.25) is 0 Å². The molecule has 5 unspecified atom stereocenters. The summed E-state index contributed by atoms with van der Waals surface area (Å²) in [5.41, 5.74) is 3.39. The molecule has 4 rings (SSSR count). The van der Waals surface area contributed by atoms with Crippen molar-refractivity contribution in [2.24, 2.45) is 11.8 Å². The van der Waals surface area contributed by atoms with Crippen LogP contribution in [0.1, 0.15) is 81.5 Å². The van der Waals surface area contributed by atoms with Crippen LogP contribution >= 0.6 is 0 Å². The molecule has 3 N–H and O–H groups in total. The second-order valence-corrected chi connectivity index (χ2v) is 14.4. The van der Waals surface area contributed by atoms with Crippen molar-refractivity contribution < 1.29 is 31.1 Å². The quantitative estimate of drug-likeness (QED) is 0.389. The highest BCUT2D eigenvalue weighted by Gasteiger charge is 2.39. The second kappa shape index (κ2) is 14.0. The first-order valence-corrected chi connectivity index (χ1v) is 16.5. The number of aryl methyl sites for hydroxylation is 2. The zero-order chi connectivity index (χ0) is 29.8. The largest absolute Gasteiger partial charge is 0.522 e. The van der Waals surface area contributed by atoms with Crippen molar-refractivity contribution in [2.75, 3.05) is 26.3 Å². The summed E-state index contributed by atoms with van der Waals surface area (Å²) in [4.78, 5) is 2.23. The molecule has 4 bridgehead atoms. The molecule has 8 nitrogen and oxygen atoms in total. The van der Waals surface area contributed by atoms with Crippen LogP contribution in [0.25, 0.3) is 0 Å². The van der Waals surface area contributed by atoms with Crippen molar-refractivity contribution >= 4 is 10.0 Å². The fourth-order valence-corrected chi connectivity index (χ4v) is 8.46. The number of halogens is 3. The molecule has 0 radical (unpaired) electrons. The number of sulfonamides is 1. The van der Waals surface area contributed by atoms with Crippen molar-refractivity contribution in [1.82, 2.24) is 20.3 Å². The molecule has 3 aliphatic rings. The van der Waals surface area contributed by atoms with Crippen molar-refractivity contribution in [1.29, 1.82) is 0 Å². The normalized spacial score (nSPS) is 31.7. The molecule has 2 heterocycles. The molecule has 1 aromatic carbocycles. The Kier molecular flexibility index (Phi) is 11.1. The van der Waals surface area contributed by atoms with E-state index in [1.807, 2.05) is 6.07 Å². The maximum Gasteiger partial charge on any atom is 0.522 e. The van der Waals surface area contributed by atoms with Gasteiger partial charge in [0.1, 0.15) is 12.5 Å². The van der Waals surface area contributed by atoms with Crippen LogP contribution in [0.5, 0.6) is 0 Å². The van der Waals surface area contributed by atoms with E-state index in [2.05, 4.69) is 64.8 Å². The molecule has 1 aromatic rings. The second-order valence-electron chi connectivity index (χ2n) is 12.4. The Labute approximate surface area is 243 Å². The van der Waals surface area contributed by atoms with Gasteiger partial charge in [0.15, 0.2) is 0 Å². The number of hydrogen-bond donors (Lipinski definition) is 3. The minimum atomic E-state index is -4.65. The third-order valence-corrected chi connectivity index (χ3v) is 10.5. The highest BCUT2D eigenvalue weighted by atomic mass is 32.2. The van der Waals surface area contributed by atoms with Crippen LogP contribution in [-0.2, 0) is 19.5 Å². The predicted molar refractivity (Wildman–Crippen MR) is 152 cm³/mol. The van der Waals surface area contributed by atoms with Gasteiger partial charge in [-0.05, 0) is 74.5 Å². The fourth-order valence-electron chi connectivity index (χ4n) is 6.80. The van der Waals surface area contributed by atoms with Crippen LogP contribution in [-0.4, -0.2) is 69.8 Å². The van der Waals surface area contributed by atoms with E-state index < -0.39 is 40.8 Å². The van der Waals surface area contributed by atoms with Gasteiger partial charge in [-0.2, -0.15) is 4.72 Å². The number of fused-ring (bicyclic) bond motifs is 4. The standard InChI is InChI=1S/C29H47F3N4O4S/c1-19(2)14-23-18-39-26-16-25(27-20(3)8-5-9-21(27)4)33-28(34-26)35-41(37,38)24-11-6-10-22(15-24)17-36(23)12-7-13-40-29(30,31)32/h5,8-9,19,22-26,28,33-35H,6-7,10-18H2,1-4H3/t22?,23-,24?,25?,26?,28?/m1/s1. The average Bonchev–Trinajstić information content (AvgIpc) is 2.87. The molecule has 41 heavy (non-hydrogen) atoms. The SMILES string of the molecule is Cc1cccc(C)c1C1CC2NC(N1)NS(=O)(=O)C1CCCC(C1)CN(CCCOC(F)(F)F)[C@H](CC(C)C)CO2. The Morgan fingerprint density at radius 2 is 1.85 bits per heavy atom. The maximum atomic E-state index is 13.6. The van der Waals surface area contributed by atoms with Crippen LogP contribution < -0.4 is 15.4 Å². The molecule has 2 aliphatic heterocycles. The number of hydrogen-bond acceptors (Lipinski definition) is 7. The van der Waals surface area contributed by atoms with Crippen molar-refractivity contribution in [3.8, 4) is 0 Å². The number of nitrogens with zero attached hydrogens (tertiary/aromatic N) is 1. The van der Waals surface area contributed by atoms with E-state index in [1.165, 1.54) is 0 Å². The minimum Gasteiger partial charge on any atom is -0.362 e. The van der Waals surface area contributed by atoms with Gasteiger partial charge in [-0.1, -0.05) is 38.5 Å². The van der Waals surface area contributed by atoms with Gasteiger partial charge in [0, 0.05) is 31.6 Å². The molecule has 0 amide bonds. The van der Waals surface area contributed by atoms with Gasteiger partial charge >= 0.3 is 6.36 Å². The van der Waals surface area contributed by atoms with Crippen LogP contribution in [0.4, 0.5) is 13.2 Å². The molecule has 2 saturated heterocycles. The van der Waals surface area contributed by atoms with Gasteiger partial charge in [-0.25, -0.2) is 8.42 Å². The lowest BCUT2D eigenvalue weighted by Crippen LogP contribution is -2.64. The van der Waals surface area contributed by atoms with Crippen LogP contribution in [0.3, 0.4) is 0 Å². The minimum absolute atomic E-state index is 0.0136. The average molecular weight is 605 g/mol. The summed E-state index contributed by atoms with van der Waals surface area (Å²) >= 11 is 0. The smallest absolute Gasteiger partial charge is 0.362 e. The zero-order valence-electron chi connectivity index (χ0n) is 24.7. The highest BCUT2D eigenvalue weighted by Crippen LogP contribution is 2.33. The first-order valence-electron chi connectivity index (χ1n) is 15.0. The number of ether oxygens (including phenoxy) is 2. The van der Waals surface area contributed by atoms with Crippen LogP contribution in [0, 0.1) is 25.7 Å². The van der Waals surface area contributed by atoms with E-state index in [-0.39, 0.29) is 24.4 Å². The van der Waals surface area contributed by atoms with Gasteiger partial charge in [0.25, 0.3) is 0 Å². The third-order valence-electron chi connectivity index (χ3n) is 8.61. The molecule has 3 fully saturated rings. The Hall–Kier alpha value is -1.28. The number of benzene rings is 1. The first kappa shape index (κ1) is 32.6. The van der Waals surface area contributed by atoms with Gasteiger partial charge in [-0.3, -0.25) is 20.3 Å². The summed E-state index contributed by atoms with van der Waals surface area (Å²) in [7, 11) is -3.65. The molecule has 1 aliphatic carbocycles. The van der Waals surface area contributed by atoms with E-state index >= 15 is 0 Å². The van der Waals surface area contributed by atoms with E-state index in [0.29, 0.717) is 44.9 Å². The monoisotopic (exact) mass is 604 g/mol. The Morgan fingerprint density at radius 1 is 1.12 bits per heavy atom. The number of rotatable bonds is 7. The lowest BCUT2D eigenvalue weighted by Gasteiger charge is -2.40. The van der Waals surface area contributed by atoms with Crippen molar-refractivity contribution in [2.45, 2.75) is 109 Å². The summed E-state index contributed by atoms with van der Waals surface area (Å²) in [6, 6.07) is 6.00. The maximum absolute atomic E-state index is 13.6. The highest BCUT2D eigenvalue weighted by molar-refractivity contribution is 7.90. The molecular formula is C29H47F3N4O4S. The number of alkyl halides is 3. The molecule has 1 saturated carbocycles. The van der Waals surface area contributed by atoms with Crippen LogP contribution in [0.15, 0.2) is 18.2 Å². The third kappa shape index (κ3) is 9.35. The van der Waals surface area contributed by atoms with Crippen molar-refractivity contribution in [3.05, 3.63) is 34.9 Å². The lowest BCUT2D eigenvalue weighted by atomic mass is 9.87. The van der Waals surface area contributed by atoms with E-state index in [0.717, 1.165) is 36.0 Å². The first-order chi connectivity index (χ1) is 19.3. The van der Waals surface area contributed by atoms with Crippen molar-refractivity contribution in [3.63, 3.8) is 0 Å². The Bertz CT molecular complexity index is 1080. The molecule has 234 valence electrons. The fraction of sp³-hybridized carbons (Fsp3) is 0.793. The summed E-state index contributed by atoms with van der Waals surface area (Å²) < 4.78 is 78.6. The summed E-state index contributed by atoms with van der Waals surface area (Å²) in [6.45, 7) is 9.43. The molecule has 0 spiro atoms. The predicted octanol–water partition coefficient (Wildman–Crippen LogP) is 4.69. The van der Waals surface area contributed by atoms with E-state index in [4.69, 9.17) is 4.74 Å². The Morgan fingerprint density at radius 3 is 2.54 bits per heavy atom. The van der Waals surface area contributed by atoms with Gasteiger partial charge in [-0.15, -0.1) is 13.2 Å². The molecule has 0 aromatic heterocycles. The summed E-state index contributed by atoms with van der Waals surface area (Å²) in [5, 5.41) is 6.29. The van der Waals surface area contributed by atoms with E-state index in [9.17, 15) is 21.6 Å². The zero-order valence-corrected chi connectivity index (χ0v) is 25.5. The van der Waals surface area contributed by atoms with Gasteiger partial charge in [0.05, 0.1) is 18.5 Å². The van der Waals surface area contributed by atoms with Gasteiger partial charge < -0.3 is 4.74 Å². The summed E-state index contributed by atoms with van der Waals surface area (Å²) in [6.07, 6.45) is -1.30.